The number of carbonyl (C=O) groups is 1. The van der Waals surface area contributed by atoms with Gasteiger partial charge in [0.1, 0.15) is 18.5 Å². The summed E-state index contributed by atoms with van der Waals surface area (Å²) < 4.78 is 81.2. The lowest BCUT2D eigenvalue weighted by molar-refractivity contribution is -0.145. The van der Waals surface area contributed by atoms with Crippen molar-refractivity contribution in [3.63, 3.8) is 0 Å². The van der Waals surface area contributed by atoms with Crippen LogP contribution in [-0.4, -0.2) is 46.9 Å². The number of fused-ring (bicyclic) bond motifs is 1. The Bertz CT molecular complexity index is 1250. The number of allylic oxidation sites excluding steroid dienone is 2. The quantitative estimate of drug-likeness (QED) is 0.517. The third-order valence-electron chi connectivity index (χ3n) is 5.07. The summed E-state index contributed by atoms with van der Waals surface area (Å²) in [4.78, 5) is 20.5. The highest BCUT2D eigenvalue weighted by molar-refractivity contribution is 5.90. The minimum Gasteiger partial charge on any atom is -0.497 e. The summed E-state index contributed by atoms with van der Waals surface area (Å²) in [7, 11) is 1.39. The molecule has 0 fully saturated rings. The second-order valence-corrected chi connectivity index (χ2v) is 7.62. The zero-order valence-corrected chi connectivity index (χ0v) is 18.4. The monoisotopic (exact) mass is 512 g/mol. The number of amides is 2. The molecule has 2 aromatic rings. The van der Waals surface area contributed by atoms with Gasteiger partial charge in [-0.05, 0) is 30.4 Å². The zero-order valence-electron chi connectivity index (χ0n) is 18.4. The molecule has 2 aliphatic rings. The van der Waals surface area contributed by atoms with Gasteiger partial charge >= 0.3 is 18.4 Å². The number of nitrogens with one attached hydrogen (secondary N) is 3. The van der Waals surface area contributed by atoms with Crippen molar-refractivity contribution < 1.29 is 35.9 Å². The lowest BCUT2D eigenvalue weighted by Gasteiger charge is -2.28. The number of methoxy groups -OCH3 is 1. The van der Waals surface area contributed by atoms with E-state index in [9.17, 15) is 31.1 Å². The van der Waals surface area contributed by atoms with Gasteiger partial charge < -0.3 is 25.6 Å². The SMILES string of the molecule is COc1cc(NC(=O)NCC(F)(F)F)cc(C2=CNC3C=C(c4ccnc(C(F)(F)F)n4)C=CN23)c1. The maximum atomic E-state index is 13.0. The van der Waals surface area contributed by atoms with Crippen LogP contribution in [0.5, 0.6) is 5.75 Å². The fraction of sp³-hybridized carbons (Fsp3) is 0.227. The van der Waals surface area contributed by atoms with E-state index in [1.807, 2.05) is 0 Å². The van der Waals surface area contributed by atoms with Gasteiger partial charge in [-0.25, -0.2) is 14.8 Å². The zero-order chi connectivity index (χ0) is 26.1. The van der Waals surface area contributed by atoms with Crippen LogP contribution in [-0.2, 0) is 6.18 Å². The maximum absolute atomic E-state index is 13.0. The molecule has 2 aliphatic heterocycles. The molecule has 0 bridgehead atoms. The predicted octanol–water partition coefficient (Wildman–Crippen LogP) is 4.33. The molecule has 0 aliphatic carbocycles. The van der Waals surface area contributed by atoms with E-state index in [-0.39, 0.29) is 11.4 Å². The number of urea groups is 1. The number of hydrogen-bond acceptors (Lipinski definition) is 6. The predicted molar refractivity (Wildman–Crippen MR) is 117 cm³/mol. The normalized spacial score (nSPS) is 17.1. The van der Waals surface area contributed by atoms with Crippen LogP contribution in [0, 0.1) is 0 Å². The molecule has 1 aromatic heterocycles. The average molecular weight is 512 g/mol. The van der Waals surface area contributed by atoms with Crippen LogP contribution in [0.1, 0.15) is 17.1 Å². The second-order valence-electron chi connectivity index (χ2n) is 7.62. The fourth-order valence-electron chi connectivity index (χ4n) is 3.51. The van der Waals surface area contributed by atoms with Gasteiger partial charge in [-0.15, -0.1) is 0 Å². The first-order valence-electron chi connectivity index (χ1n) is 10.3. The summed E-state index contributed by atoms with van der Waals surface area (Å²) in [5.41, 5.74) is 1.90. The molecule has 0 spiro atoms. The Balaban J connectivity index is 1.53. The average Bonchev–Trinajstić information content (AvgIpc) is 3.25. The van der Waals surface area contributed by atoms with Gasteiger partial charge in [0.05, 0.1) is 18.5 Å². The Hall–Kier alpha value is -4.23. The molecule has 1 aromatic carbocycles. The summed E-state index contributed by atoms with van der Waals surface area (Å²) in [5.74, 6) is -0.911. The van der Waals surface area contributed by atoms with E-state index in [0.29, 0.717) is 22.6 Å². The summed E-state index contributed by atoms with van der Waals surface area (Å²) in [6, 6.07) is 4.96. The van der Waals surface area contributed by atoms with E-state index in [2.05, 4.69) is 20.6 Å². The molecule has 8 nitrogen and oxygen atoms in total. The minimum atomic E-state index is -4.68. The lowest BCUT2D eigenvalue weighted by atomic mass is 10.1. The number of halogens is 6. The van der Waals surface area contributed by atoms with Crippen molar-refractivity contribution in [2.24, 2.45) is 0 Å². The number of benzene rings is 1. The maximum Gasteiger partial charge on any atom is 0.451 e. The third-order valence-corrected chi connectivity index (χ3v) is 5.07. The first kappa shape index (κ1) is 24.9. The van der Waals surface area contributed by atoms with E-state index in [4.69, 9.17) is 4.74 Å². The van der Waals surface area contributed by atoms with E-state index >= 15 is 0 Å². The van der Waals surface area contributed by atoms with E-state index in [1.165, 1.54) is 19.2 Å². The van der Waals surface area contributed by atoms with Gasteiger partial charge in [-0.3, -0.25) is 0 Å². The van der Waals surface area contributed by atoms with Crippen molar-refractivity contribution in [3.05, 3.63) is 72.1 Å². The lowest BCUT2D eigenvalue weighted by Crippen LogP contribution is -2.36. The summed E-state index contributed by atoms with van der Waals surface area (Å²) >= 11 is 0. The smallest absolute Gasteiger partial charge is 0.451 e. The number of aromatic nitrogens is 2. The molecule has 0 saturated heterocycles. The van der Waals surface area contributed by atoms with Gasteiger partial charge in [0, 0.05) is 41.5 Å². The third kappa shape index (κ3) is 5.70. The Morgan fingerprint density at radius 2 is 1.97 bits per heavy atom. The molecule has 4 rings (SSSR count). The number of rotatable bonds is 5. The van der Waals surface area contributed by atoms with Crippen molar-refractivity contribution in [3.8, 4) is 5.75 Å². The number of ether oxygens (including phenoxy) is 1. The number of carbonyl (C=O) groups excluding carboxylic acids is 1. The van der Waals surface area contributed by atoms with E-state index in [1.54, 1.807) is 46.9 Å². The summed E-state index contributed by atoms with van der Waals surface area (Å²) in [6.07, 6.45) is -2.10. The first-order valence-corrected chi connectivity index (χ1v) is 10.3. The van der Waals surface area contributed by atoms with Crippen LogP contribution < -0.4 is 20.7 Å². The van der Waals surface area contributed by atoms with Crippen molar-refractivity contribution in [1.29, 1.82) is 0 Å². The molecule has 3 heterocycles. The standard InChI is InChI=1S/C22H18F6N6O2/c1-36-15-7-13(6-14(9-15)32-20(35)31-11-21(23,24)25)17-10-30-18-8-12(3-5-34(17)18)16-2-4-29-19(33-16)22(26,27)28/h2-10,18,30H,11H2,1H3,(H2,31,32,35). The number of alkyl halides is 6. The molecule has 190 valence electrons. The van der Waals surface area contributed by atoms with Gasteiger partial charge in [-0.2, -0.15) is 26.3 Å². The number of nitrogens with zero attached hydrogens (tertiary/aromatic N) is 3. The van der Waals surface area contributed by atoms with Crippen molar-refractivity contribution >= 4 is 23.0 Å². The molecule has 1 unspecified atom stereocenters. The highest BCUT2D eigenvalue weighted by Gasteiger charge is 2.35. The van der Waals surface area contributed by atoms with Crippen molar-refractivity contribution in [2.45, 2.75) is 18.5 Å². The largest absolute Gasteiger partial charge is 0.497 e. The number of anilines is 1. The summed E-state index contributed by atoms with van der Waals surface area (Å²) in [5, 5.41) is 7.15. The van der Waals surface area contributed by atoms with E-state index < -0.39 is 36.9 Å². The molecule has 2 amide bonds. The second kappa shape index (κ2) is 9.43. The Morgan fingerprint density at radius 3 is 2.67 bits per heavy atom. The van der Waals surface area contributed by atoms with Gasteiger partial charge in [-0.1, -0.05) is 0 Å². The van der Waals surface area contributed by atoms with Crippen LogP contribution in [0.25, 0.3) is 11.3 Å². The van der Waals surface area contributed by atoms with Crippen molar-refractivity contribution in [1.82, 2.24) is 25.5 Å². The molecular formula is C22H18F6N6O2. The Labute approximate surface area is 200 Å². The Morgan fingerprint density at radius 1 is 1.19 bits per heavy atom. The van der Waals surface area contributed by atoms with E-state index in [0.717, 1.165) is 6.20 Å². The first-order chi connectivity index (χ1) is 16.9. The number of hydrogen-bond donors (Lipinski definition) is 3. The molecule has 14 heteroatoms. The van der Waals surface area contributed by atoms with Gasteiger partial charge in [0.2, 0.25) is 5.82 Å². The van der Waals surface area contributed by atoms with Gasteiger partial charge in [0.15, 0.2) is 0 Å². The molecule has 3 N–H and O–H groups in total. The molecule has 0 radical (unpaired) electrons. The van der Waals surface area contributed by atoms with Crippen LogP contribution in [0.4, 0.5) is 36.8 Å². The fourth-order valence-corrected chi connectivity index (χ4v) is 3.51. The highest BCUT2D eigenvalue weighted by Crippen LogP contribution is 2.35. The topological polar surface area (TPSA) is 91.4 Å². The Kier molecular flexibility index (Phi) is 6.52. The summed E-state index contributed by atoms with van der Waals surface area (Å²) in [6.45, 7) is -1.49. The van der Waals surface area contributed by atoms with Crippen LogP contribution >= 0.6 is 0 Å². The van der Waals surface area contributed by atoms with Crippen LogP contribution in [0.3, 0.4) is 0 Å². The molecule has 0 saturated carbocycles. The van der Waals surface area contributed by atoms with Crippen LogP contribution in [0.2, 0.25) is 0 Å². The molecular weight excluding hydrogens is 494 g/mol. The molecule has 1 atom stereocenters. The highest BCUT2D eigenvalue weighted by atomic mass is 19.4. The van der Waals surface area contributed by atoms with Gasteiger partial charge in [0.25, 0.3) is 0 Å². The minimum absolute atomic E-state index is 0.0983. The molecule has 36 heavy (non-hydrogen) atoms. The van der Waals surface area contributed by atoms with Crippen LogP contribution in [0.15, 0.2) is 55.0 Å². The van der Waals surface area contributed by atoms with Crippen molar-refractivity contribution in [2.75, 3.05) is 19.0 Å².